The highest BCUT2D eigenvalue weighted by atomic mass is 16.5. The van der Waals surface area contributed by atoms with Crippen LogP contribution in [0.25, 0.3) is 0 Å². The first-order chi connectivity index (χ1) is 10.3. The van der Waals surface area contributed by atoms with Crippen LogP contribution in [0.3, 0.4) is 0 Å². The number of piperidine rings is 1. The fourth-order valence-electron chi connectivity index (χ4n) is 3.27. The van der Waals surface area contributed by atoms with E-state index in [4.69, 9.17) is 9.47 Å². The summed E-state index contributed by atoms with van der Waals surface area (Å²) < 4.78 is 11.6. The second-order valence-corrected chi connectivity index (χ2v) is 6.47. The molecule has 0 aromatic heterocycles. The van der Waals surface area contributed by atoms with Crippen molar-refractivity contribution in [2.75, 3.05) is 33.4 Å². The number of hydrogen-bond acceptors (Lipinski definition) is 4. The van der Waals surface area contributed by atoms with Crippen LogP contribution in [0.15, 0.2) is 23.6 Å². The van der Waals surface area contributed by atoms with Gasteiger partial charge in [-0.05, 0) is 57.7 Å². The van der Waals surface area contributed by atoms with Crippen LogP contribution in [-0.4, -0.2) is 50.4 Å². The smallest absolute Gasteiger partial charge is 0.117 e. The minimum absolute atomic E-state index is 0.395. The van der Waals surface area contributed by atoms with Gasteiger partial charge in [0.1, 0.15) is 11.9 Å². The minimum atomic E-state index is 0.395. The molecule has 0 amide bonds. The first-order valence-corrected chi connectivity index (χ1v) is 8.40. The molecule has 0 saturated carbocycles. The van der Waals surface area contributed by atoms with Crippen molar-refractivity contribution in [2.24, 2.45) is 0 Å². The summed E-state index contributed by atoms with van der Waals surface area (Å²) in [5, 5.41) is 3.68. The molecule has 4 nitrogen and oxygen atoms in total. The average Bonchev–Trinajstić information content (AvgIpc) is 2.51. The van der Waals surface area contributed by atoms with Crippen molar-refractivity contribution >= 4 is 0 Å². The van der Waals surface area contributed by atoms with E-state index < -0.39 is 0 Å². The van der Waals surface area contributed by atoms with Crippen molar-refractivity contribution in [1.29, 1.82) is 0 Å². The van der Waals surface area contributed by atoms with Crippen LogP contribution in [0.4, 0.5) is 0 Å². The van der Waals surface area contributed by atoms with Gasteiger partial charge in [0.15, 0.2) is 0 Å². The molecule has 3 aliphatic rings. The zero-order chi connectivity index (χ0) is 14.5. The maximum Gasteiger partial charge on any atom is 0.117 e. The molecule has 21 heavy (non-hydrogen) atoms. The van der Waals surface area contributed by atoms with Gasteiger partial charge in [-0.2, -0.15) is 0 Å². The van der Waals surface area contributed by atoms with Gasteiger partial charge in [0, 0.05) is 38.0 Å². The van der Waals surface area contributed by atoms with Crippen LogP contribution in [0.1, 0.15) is 38.5 Å². The van der Waals surface area contributed by atoms with Gasteiger partial charge in [0.05, 0.1) is 0 Å². The van der Waals surface area contributed by atoms with E-state index in [1.807, 2.05) is 0 Å². The fraction of sp³-hybridized carbons (Fsp3) is 0.765. The Morgan fingerprint density at radius 3 is 2.71 bits per heavy atom. The lowest BCUT2D eigenvalue weighted by Crippen LogP contribution is -2.35. The Labute approximate surface area is 128 Å². The molecule has 0 radical (unpaired) electrons. The predicted octanol–water partition coefficient (Wildman–Crippen LogP) is 2.43. The molecule has 1 N–H and O–H groups in total. The number of nitrogens with one attached hydrogen (secondary N) is 1. The third kappa shape index (κ3) is 4.48. The van der Waals surface area contributed by atoms with Crippen molar-refractivity contribution in [3.63, 3.8) is 0 Å². The number of rotatable bonds is 4. The Hall–Kier alpha value is -1.00. The lowest BCUT2D eigenvalue weighted by atomic mass is 10.0. The maximum atomic E-state index is 6.19. The zero-order valence-corrected chi connectivity index (χ0v) is 13.1. The number of allylic oxidation sites excluding steroid dienone is 3. The van der Waals surface area contributed by atoms with Gasteiger partial charge in [0.2, 0.25) is 0 Å². The average molecular weight is 292 g/mol. The molecule has 0 aromatic rings. The predicted molar refractivity (Wildman–Crippen MR) is 84.0 cm³/mol. The molecular weight excluding hydrogens is 264 g/mol. The van der Waals surface area contributed by atoms with Crippen molar-refractivity contribution in [1.82, 2.24) is 10.2 Å². The van der Waals surface area contributed by atoms with Gasteiger partial charge in [-0.3, -0.25) is 0 Å². The van der Waals surface area contributed by atoms with E-state index in [-0.39, 0.29) is 0 Å². The molecule has 0 atom stereocenters. The Bertz CT molecular complexity index is 392. The van der Waals surface area contributed by atoms with Crippen LogP contribution >= 0.6 is 0 Å². The molecule has 0 bridgehead atoms. The Morgan fingerprint density at radius 1 is 1.19 bits per heavy atom. The highest BCUT2D eigenvalue weighted by molar-refractivity contribution is 5.23. The van der Waals surface area contributed by atoms with E-state index >= 15 is 0 Å². The fourth-order valence-corrected chi connectivity index (χ4v) is 3.27. The topological polar surface area (TPSA) is 33.7 Å². The Kier molecular flexibility index (Phi) is 5.20. The second kappa shape index (κ2) is 7.32. The van der Waals surface area contributed by atoms with Crippen molar-refractivity contribution < 1.29 is 9.47 Å². The largest absolute Gasteiger partial charge is 0.491 e. The van der Waals surface area contributed by atoms with Gasteiger partial charge in [-0.1, -0.05) is 0 Å². The molecule has 1 aliphatic carbocycles. The lowest BCUT2D eigenvalue weighted by molar-refractivity contribution is 0.0627. The van der Waals surface area contributed by atoms with E-state index in [1.165, 1.54) is 5.70 Å². The Balaban J connectivity index is 1.50. The number of ether oxygens (including phenoxy) is 2. The van der Waals surface area contributed by atoms with E-state index in [2.05, 4.69) is 29.4 Å². The molecule has 0 aromatic carbocycles. The number of hydrogen-bond donors (Lipinski definition) is 1. The molecule has 0 unspecified atom stereocenters. The molecule has 2 aliphatic heterocycles. The highest BCUT2D eigenvalue weighted by Gasteiger charge is 2.20. The van der Waals surface area contributed by atoms with Gasteiger partial charge >= 0.3 is 0 Å². The molecular formula is C17H28N2O2. The summed E-state index contributed by atoms with van der Waals surface area (Å²) in [6.07, 6.45) is 11.6. The SMILES string of the molecule is CN1CCC(OC2=CCCC(NC3CCOCC3)=C2)CC1. The van der Waals surface area contributed by atoms with Crippen LogP contribution in [0.2, 0.25) is 0 Å². The summed E-state index contributed by atoms with van der Waals surface area (Å²) in [4.78, 5) is 2.38. The van der Waals surface area contributed by atoms with Crippen molar-refractivity contribution in [2.45, 2.75) is 50.7 Å². The molecule has 0 spiro atoms. The van der Waals surface area contributed by atoms with Gasteiger partial charge in [-0.25, -0.2) is 0 Å². The van der Waals surface area contributed by atoms with E-state index in [1.54, 1.807) is 0 Å². The summed E-state index contributed by atoms with van der Waals surface area (Å²) in [7, 11) is 2.19. The number of nitrogens with zero attached hydrogens (tertiary/aromatic N) is 1. The summed E-state index contributed by atoms with van der Waals surface area (Å²) in [6.45, 7) is 4.07. The molecule has 2 fully saturated rings. The van der Waals surface area contributed by atoms with Crippen LogP contribution in [-0.2, 0) is 9.47 Å². The summed E-state index contributed by atoms with van der Waals surface area (Å²) >= 11 is 0. The third-order valence-corrected chi connectivity index (χ3v) is 4.65. The van der Waals surface area contributed by atoms with Crippen molar-refractivity contribution in [3.8, 4) is 0 Å². The van der Waals surface area contributed by atoms with Gasteiger partial charge in [0.25, 0.3) is 0 Å². The van der Waals surface area contributed by atoms with E-state index in [9.17, 15) is 0 Å². The molecule has 2 saturated heterocycles. The maximum absolute atomic E-state index is 6.19. The first kappa shape index (κ1) is 14.9. The molecule has 2 heterocycles. The van der Waals surface area contributed by atoms with Crippen LogP contribution < -0.4 is 5.32 Å². The van der Waals surface area contributed by atoms with Crippen LogP contribution in [0, 0.1) is 0 Å². The normalized spacial score (nSPS) is 26.1. The minimum Gasteiger partial charge on any atom is -0.491 e. The summed E-state index contributed by atoms with van der Waals surface area (Å²) in [5.41, 5.74) is 1.34. The standard InChI is InChI=1S/C17H28N2O2/c1-19-9-5-16(6-10-19)21-17-4-2-3-15(13-17)18-14-7-11-20-12-8-14/h4,13-14,16,18H,2-3,5-12H2,1H3. The molecule has 4 heteroatoms. The zero-order valence-electron chi connectivity index (χ0n) is 13.1. The first-order valence-electron chi connectivity index (χ1n) is 8.40. The quantitative estimate of drug-likeness (QED) is 0.863. The summed E-state index contributed by atoms with van der Waals surface area (Å²) in [6, 6.07) is 0.577. The monoisotopic (exact) mass is 292 g/mol. The van der Waals surface area contributed by atoms with E-state index in [0.717, 1.165) is 70.6 Å². The molecule has 118 valence electrons. The second-order valence-electron chi connectivity index (χ2n) is 6.47. The third-order valence-electron chi connectivity index (χ3n) is 4.65. The van der Waals surface area contributed by atoms with Gasteiger partial charge in [-0.15, -0.1) is 0 Å². The molecule has 3 rings (SSSR count). The van der Waals surface area contributed by atoms with Crippen molar-refractivity contribution in [3.05, 3.63) is 23.6 Å². The van der Waals surface area contributed by atoms with Crippen LogP contribution in [0.5, 0.6) is 0 Å². The lowest BCUT2D eigenvalue weighted by Gasteiger charge is -2.31. The number of likely N-dealkylation sites (tertiary alicyclic amines) is 1. The van der Waals surface area contributed by atoms with E-state index in [0.29, 0.717) is 12.1 Å². The summed E-state index contributed by atoms with van der Waals surface area (Å²) in [5.74, 6) is 1.07. The van der Waals surface area contributed by atoms with Gasteiger partial charge < -0.3 is 19.7 Å². The Morgan fingerprint density at radius 2 is 1.95 bits per heavy atom. The highest BCUT2D eigenvalue weighted by Crippen LogP contribution is 2.22.